The van der Waals surface area contributed by atoms with Crippen molar-refractivity contribution in [3.63, 3.8) is 0 Å². The predicted molar refractivity (Wildman–Crippen MR) is 99.2 cm³/mol. The highest BCUT2D eigenvalue weighted by atomic mass is 35.5. The lowest BCUT2D eigenvalue weighted by atomic mass is 10.3. The average Bonchev–Trinajstić information content (AvgIpc) is 2.62. The molecule has 0 heterocycles. The number of nitrogens with one attached hydrogen (secondary N) is 1. The fraction of sp³-hybridized carbons (Fsp3) is 0.176. The molecule has 10 heteroatoms. The fourth-order valence-corrected chi connectivity index (χ4v) is 2.41. The summed E-state index contributed by atoms with van der Waals surface area (Å²) in [6.07, 6.45) is -1.02. The number of halogens is 2. The molecular formula is C17H14Cl2N2O6. The van der Waals surface area contributed by atoms with E-state index in [4.69, 9.17) is 32.7 Å². The second-order valence-corrected chi connectivity index (χ2v) is 6.14. The van der Waals surface area contributed by atoms with Crippen molar-refractivity contribution in [1.82, 2.24) is 0 Å². The molecule has 142 valence electrons. The van der Waals surface area contributed by atoms with Gasteiger partial charge in [0.05, 0.1) is 9.95 Å². The number of nitro benzene ring substituents is 1. The van der Waals surface area contributed by atoms with Crippen molar-refractivity contribution < 1.29 is 24.0 Å². The summed E-state index contributed by atoms with van der Waals surface area (Å²) in [5.74, 6) is -1.19. The molecule has 27 heavy (non-hydrogen) atoms. The Morgan fingerprint density at radius 1 is 1.22 bits per heavy atom. The Balaban J connectivity index is 1.86. The highest BCUT2D eigenvalue weighted by Gasteiger charge is 2.19. The van der Waals surface area contributed by atoms with Crippen molar-refractivity contribution in [3.8, 4) is 5.75 Å². The molecule has 0 saturated heterocycles. The first-order chi connectivity index (χ1) is 12.8. The summed E-state index contributed by atoms with van der Waals surface area (Å²) >= 11 is 11.7. The quantitative estimate of drug-likeness (QED) is 0.420. The molecule has 1 amide bonds. The first-order valence-electron chi connectivity index (χ1n) is 7.59. The summed E-state index contributed by atoms with van der Waals surface area (Å²) < 4.78 is 10.3. The van der Waals surface area contributed by atoms with Gasteiger partial charge in [-0.25, -0.2) is 4.79 Å². The minimum Gasteiger partial charge on any atom is -0.477 e. The Morgan fingerprint density at radius 2 is 1.96 bits per heavy atom. The van der Waals surface area contributed by atoms with Crippen LogP contribution >= 0.6 is 23.2 Å². The molecule has 2 rings (SSSR count). The molecule has 0 spiro atoms. The Bertz CT molecular complexity index is 874. The highest BCUT2D eigenvalue weighted by molar-refractivity contribution is 6.35. The van der Waals surface area contributed by atoms with E-state index in [-0.39, 0.29) is 22.1 Å². The van der Waals surface area contributed by atoms with E-state index in [9.17, 15) is 19.7 Å². The van der Waals surface area contributed by atoms with Gasteiger partial charge in [-0.15, -0.1) is 0 Å². The Hall–Kier alpha value is -2.84. The smallest absolute Gasteiger partial charge is 0.347 e. The zero-order valence-electron chi connectivity index (χ0n) is 14.0. The van der Waals surface area contributed by atoms with E-state index in [2.05, 4.69) is 5.32 Å². The zero-order valence-corrected chi connectivity index (χ0v) is 15.5. The maximum atomic E-state index is 11.9. The van der Waals surface area contributed by atoms with E-state index in [0.29, 0.717) is 5.02 Å². The van der Waals surface area contributed by atoms with Crippen molar-refractivity contribution >= 4 is 46.5 Å². The number of ether oxygens (including phenoxy) is 2. The number of hydrogen-bond donors (Lipinski definition) is 1. The molecule has 1 atom stereocenters. The molecule has 2 aromatic rings. The van der Waals surface area contributed by atoms with Crippen LogP contribution in [0.25, 0.3) is 0 Å². The van der Waals surface area contributed by atoms with Crippen molar-refractivity contribution in [3.05, 3.63) is 62.6 Å². The minimum absolute atomic E-state index is 0.174. The van der Waals surface area contributed by atoms with Crippen LogP contribution in [0.5, 0.6) is 5.75 Å². The molecule has 2 aromatic carbocycles. The van der Waals surface area contributed by atoms with Gasteiger partial charge in [-0.1, -0.05) is 29.3 Å². The van der Waals surface area contributed by atoms with Crippen LogP contribution in [0, 0.1) is 10.1 Å². The molecule has 0 radical (unpaired) electrons. The third-order valence-electron chi connectivity index (χ3n) is 3.22. The molecule has 0 aliphatic heterocycles. The van der Waals surface area contributed by atoms with Crippen LogP contribution < -0.4 is 10.1 Å². The molecule has 0 bridgehead atoms. The van der Waals surface area contributed by atoms with Crippen LogP contribution in [-0.2, 0) is 14.3 Å². The Morgan fingerprint density at radius 3 is 2.63 bits per heavy atom. The van der Waals surface area contributed by atoms with Crippen LogP contribution in [0.1, 0.15) is 6.92 Å². The van der Waals surface area contributed by atoms with Crippen molar-refractivity contribution in [2.24, 2.45) is 0 Å². The number of amides is 1. The number of anilines is 1. The number of rotatable bonds is 7. The molecule has 0 unspecified atom stereocenters. The fourth-order valence-electron chi connectivity index (χ4n) is 1.96. The molecule has 0 fully saturated rings. The van der Waals surface area contributed by atoms with E-state index in [1.54, 1.807) is 6.07 Å². The summed E-state index contributed by atoms with van der Waals surface area (Å²) in [7, 11) is 0. The largest absolute Gasteiger partial charge is 0.477 e. The third-order valence-corrected chi connectivity index (χ3v) is 3.75. The third kappa shape index (κ3) is 6.12. The average molecular weight is 413 g/mol. The second kappa shape index (κ2) is 9.20. The van der Waals surface area contributed by atoms with Crippen molar-refractivity contribution in [1.29, 1.82) is 0 Å². The van der Waals surface area contributed by atoms with Crippen LogP contribution in [0.3, 0.4) is 0 Å². The van der Waals surface area contributed by atoms with Crippen LogP contribution in [-0.4, -0.2) is 29.5 Å². The zero-order chi connectivity index (χ0) is 20.0. The van der Waals surface area contributed by atoms with Gasteiger partial charge < -0.3 is 14.8 Å². The summed E-state index contributed by atoms with van der Waals surface area (Å²) in [6, 6.07) is 9.89. The summed E-state index contributed by atoms with van der Waals surface area (Å²) in [4.78, 5) is 33.9. The number of esters is 1. The molecule has 8 nitrogen and oxygen atoms in total. The Labute approximate surface area is 164 Å². The SMILES string of the molecule is C[C@@H](Oc1ccc(Cl)cc1Cl)C(=O)OCC(=O)Nc1cccc([N+](=O)[O-])c1. The maximum Gasteiger partial charge on any atom is 0.347 e. The van der Waals surface area contributed by atoms with Crippen LogP contribution in [0.4, 0.5) is 11.4 Å². The number of nitrogens with zero attached hydrogens (tertiary/aromatic N) is 1. The summed E-state index contributed by atoms with van der Waals surface area (Å²) in [5, 5.41) is 13.8. The van der Waals surface area contributed by atoms with E-state index >= 15 is 0 Å². The number of hydrogen-bond acceptors (Lipinski definition) is 6. The molecule has 0 aliphatic carbocycles. The molecule has 0 saturated carbocycles. The number of nitro groups is 1. The number of benzene rings is 2. The van der Waals surface area contributed by atoms with Crippen molar-refractivity contribution in [2.45, 2.75) is 13.0 Å². The number of carbonyl (C=O) groups is 2. The Kier molecular flexibility index (Phi) is 6.98. The van der Waals surface area contributed by atoms with E-state index in [0.717, 1.165) is 0 Å². The van der Waals surface area contributed by atoms with E-state index < -0.39 is 29.5 Å². The van der Waals surface area contributed by atoms with Gasteiger partial charge in [0.1, 0.15) is 5.75 Å². The van der Waals surface area contributed by atoms with Gasteiger partial charge in [-0.3, -0.25) is 14.9 Å². The van der Waals surface area contributed by atoms with Gasteiger partial charge in [0.15, 0.2) is 12.7 Å². The highest BCUT2D eigenvalue weighted by Crippen LogP contribution is 2.28. The van der Waals surface area contributed by atoms with Gasteiger partial charge in [0, 0.05) is 22.8 Å². The summed E-state index contributed by atoms with van der Waals surface area (Å²) in [6.45, 7) is 0.856. The first-order valence-corrected chi connectivity index (χ1v) is 8.34. The van der Waals surface area contributed by atoms with Crippen LogP contribution in [0.2, 0.25) is 10.0 Å². The summed E-state index contributed by atoms with van der Waals surface area (Å²) in [5.41, 5.74) is 0.0363. The van der Waals surface area contributed by atoms with Crippen LogP contribution in [0.15, 0.2) is 42.5 Å². The topological polar surface area (TPSA) is 108 Å². The van der Waals surface area contributed by atoms with Gasteiger partial charge in [-0.05, 0) is 31.2 Å². The second-order valence-electron chi connectivity index (χ2n) is 5.30. The van der Waals surface area contributed by atoms with Gasteiger partial charge in [0.25, 0.3) is 11.6 Å². The van der Waals surface area contributed by atoms with Gasteiger partial charge >= 0.3 is 5.97 Å². The normalized spacial score (nSPS) is 11.4. The monoisotopic (exact) mass is 412 g/mol. The molecule has 1 N–H and O–H groups in total. The molecular weight excluding hydrogens is 399 g/mol. The van der Waals surface area contributed by atoms with E-state index in [1.165, 1.54) is 43.3 Å². The maximum absolute atomic E-state index is 11.9. The predicted octanol–water partition coefficient (Wildman–Crippen LogP) is 3.85. The van der Waals surface area contributed by atoms with E-state index in [1.807, 2.05) is 0 Å². The number of carbonyl (C=O) groups excluding carboxylic acids is 2. The lowest BCUT2D eigenvalue weighted by Gasteiger charge is -2.15. The minimum atomic E-state index is -1.02. The lowest BCUT2D eigenvalue weighted by molar-refractivity contribution is -0.384. The molecule has 0 aliphatic rings. The van der Waals surface area contributed by atoms with Gasteiger partial charge in [-0.2, -0.15) is 0 Å². The van der Waals surface area contributed by atoms with Gasteiger partial charge in [0.2, 0.25) is 0 Å². The molecule has 0 aromatic heterocycles. The first kappa shape index (κ1) is 20.5. The van der Waals surface area contributed by atoms with Crippen molar-refractivity contribution in [2.75, 3.05) is 11.9 Å². The standard InChI is InChI=1S/C17H14Cl2N2O6/c1-10(27-15-6-5-11(18)7-14(15)19)17(23)26-9-16(22)20-12-3-2-4-13(8-12)21(24)25/h2-8,10H,9H2,1H3,(H,20,22)/t10-/m1/s1. The lowest BCUT2D eigenvalue weighted by Crippen LogP contribution is -2.29. The number of non-ortho nitro benzene ring substituents is 1.